The zero-order chi connectivity index (χ0) is 13.0. The van der Waals surface area contributed by atoms with Crippen molar-refractivity contribution in [3.8, 4) is 5.75 Å². The molecule has 2 unspecified atom stereocenters. The quantitative estimate of drug-likeness (QED) is 0.892. The summed E-state index contributed by atoms with van der Waals surface area (Å²) in [6, 6.07) is 8.20. The van der Waals surface area contributed by atoms with Crippen LogP contribution in [0.5, 0.6) is 5.75 Å². The lowest BCUT2D eigenvalue weighted by Crippen LogP contribution is -2.28. The standard InChI is InChI=1S/C15H23NO2/c1-11(2)18-14-7-3-5-12(9-14)15-13(10-16)6-4-8-17-15/h3,5,7,9,11,13,15H,4,6,8,10,16H2,1-2H3. The third-order valence-electron chi connectivity index (χ3n) is 3.31. The molecule has 0 bridgehead atoms. The third kappa shape index (κ3) is 3.24. The summed E-state index contributed by atoms with van der Waals surface area (Å²) in [5, 5.41) is 0. The van der Waals surface area contributed by atoms with Crippen molar-refractivity contribution in [1.82, 2.24) is 0 Å². The van der Waals surface area contributed by atoms with Crippen molar-refractivity contribution >= 4 is 0 Å². The second kappa shape index (κ2) is 6.21. The third-order valence-corrected chi connectivity index (χ3v) is 3.31. The maximum Gasteiger partial charge on any atom is 0.120 e. The molecule has 100 valence electrons. The predicted octanol–water partition coefficient (Wildman–Crippen LogP) is 2.90. The van der Waals surface area contributed by atoms with Gasteiger partial charge in [-0.25, -0.2) is 0 Å². The van der Waals surface area contributed by atoms with E-state index in [0.717, 1.165) is 25.2 Å². The first kappa shape index (κ1) is 13.4. The van der Waals surface area contributed by atoms with Gasteiger partial charge in [0.1, 0.15) is 5.75 Å². The average molecular weight is 249 g/mol. The van der Waals surface area contributed by atoms with Gasteiger partial charge in [0.25, 0.3) is 0 Å². The van der Waals surface area contributed by atoms with Gasteiger partial charge in [-0.2, -0.15) is 0 Å². The van der Waals surface area contributed by atoms with Crippen molar-refractivity contribution < 1.29 is 9.47 Å². The normalized spacial score (nSPS) is 24.2. The lowest BCUT2D eigenvalue weighted by molar-refractivity contribution is -0.0253. The maximum absolute atomic E-state index is 5.89. The highest BCUT2D eigenvalue weighted by molar-refractivity contribution is 5.30. The molecule has 1 aliphatic rings. The molecule has 0 radical (unpaired) electrons. The Kier molecular flexibility index (Phi) is 4.61. The first-order valence-corrected chi connectivity index (χ1v) is 6.79. The fourth-order valence-electron chi connectivity index (χ4n) is 2.49. The summed E-state index contributed by atoms with van der Waals surface area (Å²) in [6.07, 6.45) is 2.58. The Morgan fingerprint density at radius 3 is 3.00 bits per heavy atom. The Balaban J connectivity index is 2.15. The number of rotatable bonds is 4. The number of nitrogens with two attached hydrogens (primary N) is 1. The molecular weight excluding hydrogens is 226 g/mol. The molecule has 1 aromatic rings. The van der Waals surface area contributed by atoms with Gasteiger partial charge < -0.3 is 15.2 Å². The highest BCUT2D eigenvalue weighted by Gasteiger charge is 2.26. The second-order valence-corrected chi connectivity index (χ2v) is 5.17. The van der Waals surface area contributed by atoms with Gasteiger partial charge in [-0.1, -0.05) is 12.1 Å². The van der Waals surface area contributed by atoms with Crippen LogP contribution in [0.15, 0.2) is 24.3 Å². The molecule has 0 saturated carbocycles. The van der Waals surface area contributed by atoms with Crippen LogP contribution in [0.2, 0.25) is 0 Å². The fraction of sp³-hybridized carbons (Fsp3) is 0.600. The van der Waals surface area contributed by atoms with Crippen LogP contribution in [0.4, 0.5) is 0 Å². The smallest absolute Gasteiger partial charge is 0.120 e. The van der Waals surface area contributed by atoms with E-state index in [1.165, 1.54) is 5.56 Å². The van der Waals surface area contributed by atoms with E-state index >= 15 is 0 Å². The molecule has 1 saturated heterocycles. The summed E-state index contributed by atoms with van der Waals surface area (Å²) >= 11 is 0. The van der Waals surface area contributed by atoms with Crippen molar-refractivity contribution in [3.05, 3.63) is 29.8 Å². The van der Waals surface area contributed by atoms with Gasteiger partial charge in [0.05, 0.1) is 12.2 Å². The Labute approximate surface area is 109 Å². The van der Waals surface area contributed by atoms with Crippen LogP contribution in [-0.2, 0) is 4.74 Å². The van der Waals surface area contributed by atoms with Gasteiger partial charge in [0.2, 0.25) is 0 Å². The van der Waals surface area contributed by atoms with Gasteiger partial charge in [0, 0.05) is 12.5 Å². The molecule has 0 amide bonds. The van der Waals surface area contributed by atoms with Crippen molar-refractivity contribution in [2.24, 2.45) is 11.7 Å². The molecule has 0 aliphatic carbocycles. The van der Waals surface area contributed by atoms with Crippen LogP contribution in [0.1, 0.15) is 38.4 Å². The second-order valence-electron chi connectivity index (χ2n) is 5.17. The van der Waals surface area contributed by atoms with Crippen LogP contribution >= 0.6 is 0 Å². The summed E-state index contributed by atoms with van der Waals surface area (Å²) in [6.45, 7) is 5.58. The van der Waals surface area contributed by atoms with E-state index in [-0.39, 0.29) is 12.2 Å². The van der Waals surface area contributed by atoms with E-state index in [2.05, 4.69) is 12.1 Å². The molecule has 2 atom stereocenters. The molecule has 18 heavy (non-hydrogen) atoms. The van der Waals surface area contributed by atoms with Crippen LogP contribution in [0.25, 0.3) is 0 Å². The first-order chi connectivity index (χ1) is 8.70. The van der Waals surface area contributed by atoms with Crippen molar-refractivity contribution in [3.63, 3.8) is 0 Å². The molecular formula is C15H23NO2. The number of hydrogen-bond acceptors (Lipinski definition) is 3. The van der Waals surface area contributed by atoms with E-state index in [0.29, 0.717) is 12.5 Å². The minimum atomic E-state index is 0.125. The molecule has 2 rings (SSSR count). The van der Waals surface area contributed by atoms with E-state index in [1.807, 2.05) is 26.0 Å². The van der Waals surface area contributed by atoms with Gasteiger partial charge in [-0.05, 0) is 50.9 Å². The van der Waals surface area contributed by atoms with E-state index in [1.54, 1.807) is 0 Å². The van der Waals surface area contributed by atoms with Gasteiger partial charge in [-0.3, -0.25) is 0 Å². The first-order valence-electron chi connectivity index (χ1n) is 6.79. The molecule has 3 heteroatoms. The Hall–Kier alpha value is -1.06. The molecule has 0 spiro atoms. The monoisotopic (exact) mass is 249 g/mol. The van der Waals surface area contributed by atoms with E-state index < -0.39 is 0 Å². The van der Waals surface area contributed by atoms with Gasteiger partial charge >= 0.3 is 0 Å². The molecule has 0 aromatic heterocycles. The topological polar surface area (TPSA) is 44.5 Å². The van der Waals surface area contributed by atoms with Crippen molar-refractivity contribution in [2.75, 3.05) is 13.2 Å². The van der Waals surface area contributed by atoms with Gasteiger partial charge in [0.15, 0.2) is 0 Å². The maximum atomic E-state index is 5.89. The SMILES string of the molecule is CC(C)Oc1cccc(C2OCCCC2CN)c1. The summed E-state index contributed by atoms with van der Waals surface area (Å²) in [4.78, 5) is 0. The van der Waals surface area contributed by atoms with Crippen molar-refractivity contribution in [1.29, 1.82) is 0 Å². The lowest BCUT2D eigenvalue weighted by Gasteiger charge is -2.31. The summed E-state index contributed by atoms with van der Waals surface area (Å²) in [5.74, 6) is 1.33. The number of benzene rings is 1. The van der Waals surface area contributed by atoms with E-state index in [9.17, 15) is 0 Å². The van der Waals surface area contributed by atoms with Gasteiger partial charge in [-0.15, -0.1) is 0 Å². The zero-order valence-electron chi connectivity index (χ0n) is 11.3. The molecule has 1 heterocycles. The van der Waals surface area contributed by atoms with Crippen molar-refractivity contribution in [2.45, 2.75) is 38.9 Å². The molecule has 3 nitrogen and oxygen atoms in total. The summed E-state index contributed by atoms with van der Waals surface area (Å²) in [7, 11) is 0. The Bertz CT molecular complexity index is 379. The predicted molar refractivity (Wildman–Crippen MR) is 72.7 cm³/mol. The minimum Gasteiger partial charge on any atom is -0.491 e. The average Bonchev–Trinajstić information content (AvgIpc) is 2.38. The minimum absolute atomic E-state index is 0.125. The van der Waals surface area contributed by atoms with Crippen LogP contribution < -0.4 is 10.5 Å². The van der Waals surface area contributed by atoms with Crippen LogP contribution in [0, 0.1) is 5.92 Å². The Morgan fingerprint density at radius 1 is 1.44 bits per heavy atom. The molecule has 2 N–H and O–H groups in total. The molecule has 1 aliphatic heterocycles. The largest absolute Gasteiger partial charge is 0.491 e. The number of ether oxygens (including phenoxy) is 2. The van der Waals surface area contributed by atoms with E-state index in [4.69, 9.17) is 15.2 Å². The highest BCUT2D eigenvalue weighted by atomic mass is 16.5. The summed E-state index contributed by atoms with van der Waals surface area (Å²) in [5.41, 5.74) is 7.02. The summed E-state index contributed by atoms with van der Waals surface area (Å²) < 4.78 is 11.6. The number of hydrogen-bond donors (Lipinski definition) is 1. The van der Waals surface area contributed by atoms with Crippen LogP contribution in [-0.4, -0.2) is 19.3 Å². The molecule has 1 aromatic carbocycles. The highest BCUT2D eigenvalue weighted by Crippen LogP contribution is 2.34. The molecule has 1 fully saturated rings. The lowest BCUT2D eigenvalue weighted by atomic mass is 9.89. The zero-order valence-corrected chi connectivity index (χ0v) is 11.3. The Morgan fingerprint density at radius 2 is 2.28 bits per heavy atom. The van der Waals surface area contributed by atoms with Crippen LogP contribution in [0.3, 0.4) is 0 Å². The fourth-order valence-corrected chi connectivity index (χ4v) is 2.49.